The van der Waals surface area contributed by atoms with Gasteiger partial charge in [0, 0.05) is 31.7 Å². The number of benzene rings is 1. The summed E-state index contributed by atoms with van der Waals surface area (Å²) in [6.07, 6.45) is 3.43. The zero-order chi connectivity index (χ0) is 16.2. The van der Waals surface area contributed by atoms with Gasteiger partial charge in [-0.1, -0.05) is 30.3 Å². The lowest BCUT2D eigenvalue weighted by atomic mass is 10.2. The van der Waals surface area contributed by atoms with Gasteiger partial charge in [0.25, 0.3) is 0 Å². The van der Waals surface area contributed by atoms with E-state index in [9.17, 15) is 13.5 Å². The number of likely N-dealkylation sites (N-methyl/N-ethyl adjacent to an activating group) is 1. The number of hydrogen-bond donors (Lipinski definition) is 1. The molecule has 0 aliphatic carbocycles. The molecule has 22 heavy (non-hydrogen) atoms. The van der Waals surface area contributed by atoms with Crippen molar-refractivity contribution in [3.8, 4) is 0 Å². The minimum Gasteiger partial charge on any atom is -0.390 e. The average molecular weight is 323 g/mol. The highest BCUT2D eigenvalue weighted by Gasteiger charge is 2.17. The van der Waals surface area contributed by atoms with Gasteiger partial charge in [-0.25, -0.2) is 13.4 Å². The zero-order valence-corrected chi connectivity index (χ0v) is 13.6. The van der Waals surface area contributed by atoms with E-state index in [2.05, 4.69) is 4.98 Å². The lowest BCUT2D eigenvalue weighted by Gasteiger charge is -2.21. The second kappa shape index (κ2) is 7.04. The highest BCUT2D eigenvalue weighted by Crippen LogP contribution is 2.08. The molecule has 1 N–H and O–H groups in total. The molecular formula is C15H21N3O3S. The van der Waals surface area contributed by atoms with Gasteiger partial charge in [-0.3, -0.25) is 4.90 Å². The van der Waals surface area contributed by atoms with Crippen molar-refractivity contribution in [2.45, 2.75) is 24.3 Å². The molecule has 2 aromatic rings. The van der Waals surface area contributed by atoms with Crippen molar-refractivity contribution in [2.24, 2.45) is 0 Å². The molecule has 0 aliphatic rings. The van der Waals surface area contributed by atoms with Crippen LogP contribution in [0.2, 0.25) is 0 Å². The van der Waals surface area contributed by atoms with Crippen LogP contribution in [0, 0.1) is 0 Å². The summed E-state index contributed by atoms with van der Waals surface area (Å²) in [5.74, 6) is 0. The van der Waals surface area contributed by atoms with E-state index in [1.165, 1.54) is 10.8 Å². The maximum Gasteiger partial charge on any atom is 0.227 e. The Balaban J connectivity index is 1.93. The molecule has 1 heterocycles. The van der Waals surface area contributed by atoms with Crippen molar-refractivity contribution < 1.29 is 13.5 Å². The van der Waals surface area contributed by atoms with Gasteiger partial charge < -0.3 is 9.67 Å². The standard InChI is InChI=1S/C15H21N3O3S/c1-17(10-13-6-4-3-5-7-13)11-14(19)12-18-9-8-16-15(18)22(2,20)21/h3-9,14,19H,10-12H2,1-2H3. The van der Waals surface area contributed by atoms with E-state index >= 15 is 0 Å². The molecule has 0 bridgehead atoms. The summed E-state index contributed by atoms with van der Waals surface area (Å²) in [7, 11) is -1.47. The van der Waals surface area contributed by atoms with Gasteiger partial charge in [-0.2, -0.15) is 0 Å². The van der Waals surface area contributed by atoms with Crippen molar-refractivity contribution in [1.29, 1.82) is 0 Å². The van der Waals surface area contributed by atoms with Crippen LogP contribution in [0.3, 0.4) is 0 Å². The Morgan fingerprint density at radius 1 is 1.32 bits per heavy atom. The summed E-state index contributed by atoms with van der Waals surface area (Å²) >= 11 is 0. The van der Waals surface area contributed by atoms with Gasteiger partial charge in [0.1, 0.15) is 0 Å². The molecule has 120 valence electrons. The average Bonchev–Trinajstić information content (AvgIpc) is 2.87. The van der Waals surface area contributed by atoms with E-state index in [4.69, 9.17) is 0 Å². The maximum absolute atomic E-state index is 11.6. The van der Waals surface area contributed by atoms with Crippen molar-refractivity contribution in [3.63, 3.8) is 0 Å². The van der Waals surface area contributed by atoms with E-state index < -0.39 is 15.9 Å². The smallest absolute Gasteiger partial charge is 0.227 e. The summed E-state index contributed by atoms with van der Waals surface area (Å²) in [5, 5.41) is 10.2. The highest BCUT2D eigenvalue weighted by atomic mass is 32.2. The Morgan fingerprint density at radius 2 is 2.00 bits per heavy atom. The number of imidazole rings is 1. The third-order valence-corrected chi connectivity index (χ3v) is 4.24. The number of aliphatic hydroxyl groups excluding tert-OH is 1. The number of aromatic nitrogens is 2. The number of nitrogens with zero attached hydrogens (tertiary/aromatic N) is 3. The molecule has 0 radical (unpaired) electrons. The molecule has 0 amide bonds. The first-order valence-electron chi connectivity index (χ1n) is 6.98. The Morgan fingerprint density at radius 3 is 2.64 bits per heavy atom. The van der Waals surface area contributed by atoms with Gasteiger partial charge in [0.15, 0.2) is 0 Å². The van der Waals surface area contributed by atoms with E-state index in [1.54, 1.807) is 6.20 Å². The largest absolute Gasteiger partial charge is 0.390 e. The normalized spacial score (nSPS) is 13.5. The summed E-state index contributed by atoms with van der Waals surface area (Å²) in [6.45, 7) is 1.36. The minimum absolute atomic E-state index is 0.0164. The molecule has 0 saturated heterocycles. The summed E-state index contributed by atoms with van der Waals surface area (Å²) in [5.41, 5.74) is 1.16. The van der Waals surface area contributed by atoms with Gasteiger partial charge in [0.2, 0.25) is 15.0 Å². The molecule has 1 atom stereocenters. The molecule has 0 spiro atoms. The molecular weight excluding hydrogens is 302 g/mol. The number of rotatable bonds is 7. The molecule has 0 aliphatic heterocycles. The predicted octanol–water partition coefficient (Wildman–Crippen LogP) is 0.780. The first kappa shape index (κ1) is 16.7. The Hall–Kier alpha value is -1.70. The molecule has 1 unspecified atom stereocenters. The topological polar surface area (TPSA) is 75.4 Å². The van der Waals surface area contributed by atoms with Crippen LogP contribution in [-0.4, -0.2) is 53.9 Å². The van der Waals surface area contributed by atoms with Crippen LogP contribution in [0.25, 0.3) is 0 Å². The monoisotopic (exact) mass is 323 g/mol. The molecule has 0 saturated carbocycles. The third-order valence-electron chi connectivity index (χ3n) is 3.23. The Labute approximate surface area is 130 Å². The van der Waals surface area contributed by atoms with Crippen LogP contribution in [-0.2, 0) is 22.9 Å². The first-order valence-corrected chi connectivity index (χ1v) is 8.87. The second-order valence-corrected chi connectivity index (χ2v) is 7.38. The van der Waals surface area contributed by atoms with Gasteiger partial charge >= 0.3 is 0 Å². The quantitative estimate of drug-likeness (QED) is 0.815. The van der Waals surface area contributed by atoms with Crippen LogP contribution in [0.4, 0.5) is 0 Å². The van der Waals surface area contributed by atoms with Crippen molar-refractivity contribution in [1.82, 2.24) is 14.5 Å². The number of aliphatic hydroxyl groups is 1. The molecule has 0 fully saturated rings. The van der Waals surface area contributed by atoms with Crippen molar-refractivity contribution in [2.75, 3.05) is 19.8 Å². The third kappa shape index (κ3) is 4.66. The molecule has 7 heteroatoms. The van der Waals surface area contributed by atoms with Gasteiger partial charge in [-0.05, 0) is 12.6 Å². The van der Waals surface area contributed by atoms with Crippen LogP contribution in [0.5, 0.6) is 0 Å². The van der Waals surface area contributed by atoms with E-state index in [-0.39, 0.29) is 11.7 Å². The predicted molar refractivity (Wildman–Crippen MR) is 84.1 cm³/mol. The fourth-order valence-electron chi connectivity index (χ4n) is 2.37. The Bertz CT molecular complexity index is 698. The number of hydrogen-bond acceptors (Lipinski definition) is 5. The van der Waals surface area contributed by atoms with Crippen LogP contribution < -0.4 is 0 Å². The van der Waals surface area contributed by atoms with Crippen LogP contribution in [0.15, 0.2) is 47.9 Å². The van der Waals surface area contributed by atoms with Crippen LogP contribution in [0.1, 0.15) is 5.56 Å². The second-order valence-electron chi connectivity index (χ2n) is 5.47. The lowest BCUT2D eigenvalue weighted by molar-refractivity contribution is 0.105. The van der Waals surface area contributed by atoms with E-state index in [1.807, 2.05) is 42.3 Å². The molecule has 1 aromatic heterocycles. The fourth-order valence-corrected chi connectivity index (χ4v) is 3.18. The SMILES string of the molecule is CN(Cc1ccccc1)CC(O)Cn1ccnc1S(C)(=O)=O. The lowest BCUT2D eigenvalue weighted by Crippen LogP contribution is -2.32. The number of sulfone groups is 1. The van der Waals surface area contributed by atoms with Crippen molar-refractivity contribution >= 4 is 9.84 Å². The fraction of sp³-hybridized carbons (Fsp3) is 0.400. The van der Waals surface area contributed by atoms with Crippen molar-refractivity contribution in [3.05, 3.63) is 48.3 Å². The first-order chi connectivity index (χ1) is 10.4. The van der Waals surface area contributed by atoms with Gasteiger partial charge in [-0.15, -0.1) is 0 Å². The summed E-state index contributed by atoms with van der Waals surface area (Å²) in [6, 6.07) is 9.97. The maximum atomic E-state index is 11.6. The summed E-state index contributed by atoms with van der Waals surface area (Å²) < 4.78 is 24.6. The highest BCUT2D eigenvalue weighted by molar-refractivity contribution is 7.90. The van der Waals surface area contributed by atoms with E-state index in [0.717, 1.165) is 18.4 Å². The van der Waals surface area contributed by atoms with Crippen LogP contribution >= 0.6 is 0 Å². The molecule has 2 rings (SSSR count). The molecule has 1 aromatic carbocycles. The zero-order valence-electron chi connectivity index (χ0n) is 12.8. The van der Waals surface area contributed by atoms with E-state index in [0.29, 0.717) is 6.54 Å². The minimum atomic E-state index is -3.39. The molecule has 6 nitrogen and oxygen atoms in total. The Kier molecular flexibility index (Phi) is 5.33. The van der Waals surface area contributed by atoms with Gasteiger partial charge in [0.05, 0.1) is 12.6 Å². The summed E-state index contributed by atoms with van der Waals surface area (Å²) in [4.78, 5) is 5.83.